The maximum absolute atomic E-state index is 6.46. The molecular weight excluding hydrogens is 386 g/mol. The molecule has 29 heavy (non-hydrogen) atoms. The molecule has 0 aliphatic heterocycles. The van der Waals surface area contributed by atoms with E-state index in [4.69, 9.17) is 16.1 Å². The summed E-state index contributed by atoms with van der Waals surface area (Å²) < 4.78 is 7.97. The lowest BCUT2D eigenvalue weighted by atomic mass is 9.82. The Balaban J connectivity index is 1.68. The minimum atomic E-state index is 0.449. The van der Waals surface area contributed by atoms with Crippen LogP contribution >= 0.6 is 11.6 Å². The zero-order chi connectivity index (χ0) is 20.0. The Labute approximate surface area is 173 Å². The molecule has 0 N–H and O–H groups in total. The van der Waals surface area contributed by atoms with E-state index in [2.05, 4.69) is 38.8 Å². The van der Waals surface area contributed by atoms with E-state index >= 15 is 0 Å². The lowest BCUT2D eigenvalue weighted by molar-refractivity contribution is 0.197. The van der Waals surface area contributed by atoms with Gasteiger partial charge in [0.1, 0.15) is 5.69 Å². The van der Waals surface area contributed by atoms with Crippen molar-refractivity contribution in [1.29, 1.82) is 0 Å². The molecule has 0 saturated heterocycles. The molecule has 1 aromatic carbocycles. The third-order valence-electron chi connectivity index (χ3n) is 5.62. The van der Waals surface area contributed by atoms with E-state index in [1.54, 1.807) is 18.6 Å². The lowest BCUT2D eigenvalue weighted by Crippen LogP contribution is -2.26. The molecule has 0 atom stereocenters. The van der Waals surface area contributed by atoms with Crippen molar-refractivity contribution >= 4 is 11.6 Å². The standard InChI is InChI=1S/C22H20ClN5O/c1-13-9-15(10-13)28-14(2)17(11-26-28)22-20(19-12-24-7-8-25-19)21(27-29-22)16-5-3-4-6-18(16)23/h3-8,11-13,15H,9-10H2,1-2H3. The van der Waals surface area contributed by atoms with E-state index < -0.39 is 0 Å². The first kappa shape index (κ1) is 18.1. The molecule has 146 valence electrons. The van der Waals surface area contributed by atoms with E-state index in [1.165, 1.54) is 0 Å². The first-order valence-corrected chi connectivity index (χ1v) is 10.1. The molecule has 3 aromatic heterocycles. The highest BCUT2D eigenvalue weighted by molar-refractivity contribution is 6.33. The maximum Gasteiger partial charge on any atom is 0.180 e. The highest BCUT2D eigenvalue weighted by Crippen LogP contribution is 2.43. The number of aromatic nitrogens is 5. The van der Waals surface area contributed by atoms with Gasteiger partial charge >= 0.3 is 0 Å². The Bertz CT molecular complexity index is 1160. The Kier molecular flexibility index (Phi) is 4.43. The van der Waals surface area contributed by atoms with Crippen LogP contribution in [-0.4, -0.2) is 24.9 Å². The van der Waals surface area contributed by atoms with Gasteiger partial charge in [0, 0.05) is 23.7 Å². The predicted molar refractivity (Wildman–Crippen MR) is 111 cm³/mol. The van der Waals surface area contributed by atoms with Gasteiger partial charge < -0.3 is 4.52 Å². The predicted octanol–water partition coefficient (Wildman–Crippen LogP) is 5.59. The fourth-order valence-electron chi connectivity index (χ4n) is 4.05. The summed E-state index contributed by atoms with van der Waals surface area (Å²) in [6, 6.07) is 8.03. The topological polar surface area (TPSA) is 69.6 Å². The molecule has 0 amide bonds. The molecule has 0 unspecified atom stereocenters. The number of nitrogens with zero attached hydrogens (tertiary/aromatic N) is 5. The average Bonchev–Trinajstić information content (AvgIpc) is 3.30. The van der Waals surface area contributed by atoms with Crippen molar-refractivity contribution in [3.8, 4) is 33.8 Å². The minimum Gasteiger partial charge on any atom is -0.355 e. The van der Waals surface area contributed by atoms with Crippen molar-refractivity contribution in [2.45, 2.75) is 32.7 Å². The van der Waals surface area contributed by atoms with Crippen LogP contribution < -0.4 is 0 Å². The van der Waals surface area contributed by atoms with Gasteiger partial charge in [-0.05, 0) is 31.7 Å². The number of hydrogen-bond donors (Lipinski definition) is 0. The highest BCUT2D eigenvalue weighted by Gasteiger charge is 2.31. The van der Waals surface area contributed by atoms with Gasteiger partial charge in [0.25, 0.3) is 0 Å². The van der Waals surface area contributed by atoms with E-state index in [9.17, 15) is 0 Å². The summed E-state index contributed by atoms with van der Waals surface area (Å²) >= 11 is 6.46. The van der Waals surface area contributed by atoms with E-state index in [-0.39, 0.29) is 0 Å². The van der Waals surface area contributed by atoms with Crippen LogP contribution in [0.5, 0.6) is 0 Å². The van der Waals surface area contributed by atoms with Gasteiger partial charge in [0.05, 0.1) is 40.3 Å². The van der Waals surface area contributed by atoms with Crippen molar-refractivity contribution in [3.63, 3.8) is 0 Å². The average molecular weight is 406 g/mol. The molecule has 7 heteroatoms. The fourth-order valence-corrected chi connectivity index (χ4v) is 4.28. The van der Waals surface area contributed by atoms with Crippen LogP contribution in [0.4, 0.5) is 0 Å². The van der Waals surface area contributed by atoms with E-state index in [0.717, 1.165) is 41.1 Å². The monoisotopic (exact) mass is 405 g/mol. The summed E-state index contributed by atoms with van der Waals surface area (Å²) in [5, 5.41) is 9.63. The summed E-state index contributed by atoms with van der Waals surface area (Å²) in [5.74, 6) is 1.39. The van der Waals surface area contributed by atoms with Gasteiger partial charge in [-0.1, -0.05) is 41.9 Å². The van der Waals surface area contributed by atoms with Crippen molar-refractivity contribution in [1.82, 2.24) is 24.9 Å². The zero-order valence-electron chi connectivity index (χ0n) is 16.2. The molecule has 0 radical (unpaired) electrons. The largest absolute Gasteiger partial charge is 0.355 e. The minimum absolute atomic E-state index is 0.449. The zero-order valence-corrected chi connectivity index (χ0v) is 17.0. The normalized spacial score (nSPS) is 18.6. The van der Waals surface area contributed by atoms with Crippen LogP contribution in [0.25, 0.3) is 33.8 Å². The van der Waals surface area contributed by atoms with Gasteiger partial charge in [-0.3, -0.25) is 14.6 Å². The SMILES string of the molecule is Cc1c(-c2onc(-c3ccccc3Cl)c2-c2cnccn2)cnn1C1CC(C)C1. The lowest BCUT2D eigenvalue weighted by Gasteiger charge is -2.33. The van der Waals surface area contributed by atoms with E-state index in [1.807, 2.05) is 30.5 Å². The summed E-state index contributed by atoms with van der Waals surface area (Å²) in [5.41, 5.74) is 4.88. The molecular formula is C22H20ClN5O. The molecule has 1 aliphatic carbocycles. The van der Waals surface area contributed by atoms with Crippen molar-refractivity contribution < 1.29 is 4.52 Å². The van der Waals surface area contributed by atoms with Crippen molar-refractivity contribution in [2.24, 2.45) is 5.92 Å². The number of benzene rings is 1. The number of halogens is 1. The molecule has 4 aromatic rings. The van der Waals surface area contributed by atoms with Crippen LogP contribution in [-0.2, 0) is 0 Å². The molecule has 1 fully saturated rings. The Morgan fingerprint density at radius 3 is 2.66 bits per heavy atom. The third kappa shape index (κ3) is 3.04. The Morgan fingerprint density at radius 2 is 1.93 bits per heavy atom. The summed E-state index contributed by atoms with van der Waals surface area (Å²) in [6.07, 6.45) is 9.18. The molecule has 0 bridgehead atoms. The van der Waals surface area contributed by atoms with E-state index in [0.29, 0.717) is 28.2 Å². The molecule has 1 aliphatic rings. The summed E-state index contributed by atoms with van der Waals surface area (Å²) in [7, 11) is 0. The van der Waals surface area contributed by atoms with Crippen LogP contribution in [0.15, 0.2) is 53.6 Å². The third-order valence-corrected chi connectivity index (χ3v) is 5.95. The van der Waals surface area contributed by atoms with Crippen LogP contribution in [0, 0.1) is 12.8 Å². The second-order valence-corrected chi connectivity index (χ2v) is 8.03. The Morgan fingerprint density at radius 1 is 1.10 bits per heavy atom. The first-order chi connectivity index (χ1) is 14.1. The quantitative estimate of drug-likeness (QED) is 0.442. The van der Waals surface area contributed by atoms with Gasteiger partial charge in [0.15, 0.2) is 5.76 Å². The molecule has 1 saturated carbocycles. The second-order valence-electron chi connectivity index (χ2n) is 7.62. The van der Waals surface area contributed by atoms with Crippen molar-refractivity contribution in [2.75, 3.05) is 0 Å². The highest BCUT2D eigenvalue weighted by atomic mass is 35.5. The van der Waals surface area contributed by atoms with Gasteiger partial charge in [0.2, 0.25) is 0 Å². The maximum atomic E-state index is 6.46. The second kappa shape index (κ2) is 7.12. The summed E-state index contributed by atoms with van der Waals surface area (Å²) in [6.45, 7) is 4.35. The molecule has 3 heterocycles. The Hall–Kier alpha value is -2.99. The molecule has 5 rings (SSSR count). The summed E-state index contributed by atoms with van der Waals surface area (Å²) in [4.78, 5) is 8.73. The fraction of sp³-hybridized carbons (Fsp3) is 0.273. The van der Waals surface area contributed by atoms with Crippen LogP contribution in [0.1, 0.15) is 31.5 Å². The van der Waals surface area contributed by atoms with Gasteiger partial charge in [-0.2, -0.15) is 5.10 Å². The van der Waals surface area contributed by atoms with Gasteiger partial charge in [-0.15, -0.1) is 0 Å². The van der Waals surface area contributed by atoms with Gasteiger partial charge in [-0.25, -0.2) is 0 Å². The van der Waals surface area contributed by atoms with Crippen molar-refractivity contribution in [3.05, 3.63) is 59.8 Å². The molecule has 6 nitrogen and oxygen atoms in total. The molecule has 0 spiro atoms. The van der Waals surface area contributed by atoms with Crippen LogP contribution in [0.3, 0.4) is 0 Å². The van der Waals surface area contributed by atoms with Crippen LogP contribution in [0.2, 0.25) is 5.02 Å². The number of rotatable bonds is 4. The smallest absolute Gasteiger partial charge is 0.180 e. The first-order valence-electron chi connectivity index (χ1n) is 9.69. The number of hydrogen-bond acceptors (Lipinski definition) is 5.